The van der Waals surface area contributed by atoms with Gasteiger partial charge in [-0.2, -0.15) is 0 Å². The first-order chi connectivity index (χ1) is 17.0. The first-order valence-electron chi connectivity index (χ1n) is 11.6. The molecule has 35 heavy (non-hydrogen) atoms. The van der Waals surface area contributed by atoms with Crippen molar-refractivity contribution in [2.75, 3.05) is 19.1 Å². The number of ether oxygens (including phenoxy) is 2. The number of halogens is 1. The Kier molecular flexibility index (Phi) is 8.02. The second kappa shape index (κ2) is 11.4. The van der Waals surface area contributed by atoms with Crippen LogP contribution < -0.4 is 19.7 Å². The van der Waals surface area contributed by atoms with Gasteiger partial charge in [0.1, 0.15) is 23.4 Å². The van der Waals surface area contributed by atoms with E-state index in [0.29, 0.717) is 17.2 Å². The van der Waals surface area contributed by atoms with E-state index in [1.807, 2.05) is 17.5 Å². The molecule has 8 heteroatoms. The Balaban J connectivity index is 1.86. The van der Waals surface area contributed by atoms with E-state index in [2.05, 4.69) is 5.32 Å². The molecule has 0 saturated heterocycles. The van der Waals surface area contributed by atoms with E-state index in [9.17, 15) is 9.59 Å². The van der Waals surface area contributed by atoms with Gasteiger partial charge < -0.3 is 14.8 Å². The maximum absolute atomic E-state index is 15.2. The normalized spacial score (nSPS) is 14.4. The molecule has 1 N–H and O–H groups in total. The van der Waals surface area contributed by atoms with E-state index >= 15 is 4.39 Å². The summed E-state index contributed by atoms with van der Waals surface area (Å²) in [5.41, 5.74) is 0.454. The van der Waals surface area contributed by atoms with Crippen LogP contribution in [0.2, 0.25) is 0 Å². The Bertz CT molecular complexity index is 1160. The van der Waals surface area contributed by atoms with Gasteiger partial charge in [-0.25, -0.2) is 4.39 Å². The summed E-state index contributed by atoms with van der Waals surface area (Å²) >= 11 is 1.45. The highest BCUT2D eigenvalue weighted by Crippen LogP contribution is 2.39. The van der Waals surface area contributed by atoms with Crippen molar-refractivity contribution in [1.82, 2.24) is 5.32 Å². The van der Waals surface area contributed by atoms with Crippen LogP contribution in [0.25, 0.3) is 0 Å². The maximum Gasteiger partial charge on any atom is 0.248 e. The molecule has 1 saturated carbocycles. The molecule has 3 aromatic rings. The lowest BCUT2D eigenvalue weighted by Crippen LogP contribution is -2.47. The molecule has 0 aliphatic heterocycles. The van der Waals surface area contributed by atoms with Crippen LogP contribution in [0, 0.1) is 5.82 Å². The van der Waals surface area contributed by atoms with Crippen molar-refractivity contribution < 1.29 is 23.5 Å². The zero-order chi connectivity index (χ0) is 24.8. The predicted molar refractivity (Wildman–Crippen MR) is 135 cm³/mol. The fourth-order valence-electron chi connectivity index (χ4n) is 4.49. The molecule has 2 aromatic carbocycles. The van der Waals surface area contributed by atoms with Crippen LogP contribution in [0.5, 0.6) is 11.5 Å². The molecular formula is C27H29FN2O4S. The molecule has 184 valence electrons. The number of carbonyl (C=O) groups is 2. The molecule has 4 rings (SSSR count). The lowest BCUT2D eigenvalue weighted by atomic mass is 10.0. The number of nitrogens with zero attached hydrogens (tertiary/aromatic N) is 1. The van der Waals surface area contributed by atoms with Gasteiger partial charge >= 0.3 is 0 Å². The molecule has 1 unspecified atom stereocenters. The Morgan fingerprint density at radius 1 is 1.09 bits per heavy atom. The minimum atomic E-state index is -1.23. The third-order valence-corrected chi connectivity index (χ3v) is 7.10. The lowest BCUT2D eigenvalue weighted by Gasteiger charge is -2.33. The first kappa shape index (κ1) is 24.7. The highest BCUT2D eigenvalue weighted by Gasteiger charge is 2.37. The van der Waals surface area contributed by atoms with Gasteiger partial charge in [0.2, 0.25) is 11.8 Å². The average molecular weight is 497 g/mol. The third kappa shape index (κ3) is 5.65. The number of hydrogen-bond acceptors (Lipinski definition) is 5. The van der Waals surface area contributed by atoms with E-state index in [-0.39, 0.29) is 23.9 Å². The molecule has 1 atom stereocenters. The second-order valence-electron chi connectivity index (χ2n) is 8.47. The molecule has 1 aliphatic rings. The quantitative estimate of drug-likeness (QED) is 0.438. The highest BCUT2D eigenvalue weighted by molar-refractivity contribution is 7.10. The zero-order valence-corrected chi connectivity index (χ0v) is 20.6. The maximum atomic E-state index is 15.2. The van der Waals surface area contributed by atoms with Gasteiger partial charge in [0, 0.05) is 22.5 Å². The van der Waals surface area contributed by atoms with Gasteiger partial charge in [0.15, 0.2) is 0 Å². The Morgan fingerprint density at radius 3 is 2.51 bits per heavy atom. The summed E-state index contributed by atoms with van der Waals surface area (Å²) in [4.78, 5) is 29.9. The largest absolute Gasteiger partial charge is 0.497 e. The van der Waals surface area contributed by atoms with Gasteiger partial charge in [0.05, 0.1) is 26.3 Å². The standard InChI is InChI=1S/C27H29FN2O4S/c1-33-19-13-14-24(34-2)23(16-19)30(25(31)17-20-10-7-15-35-20)26(21-11-5-6-12-22(21)28)27(32)29-18-8-3-4-9-18/h5-7,10-16,18,26H,3-4,8-9,17H2,1-2H3,(H,29,32). The van der Waals surface area contributed by atoms with Crippen LogP contribution in [0.4, 0.5) is 10.1 Å². The van der Waals surface area contributed by atoms with E-state index in [4.69, 9.17) is 9.47 Å². The first-order valence-corrected chi connectivity index (χ1v) is 12.5. The van der Waals surface area contributed by atoms with Gasteiger partial charge in [-0.1, -0.05) is 37.1 Å². The van der Waals surface area contributed by atoms with Gasteiger partial charge in [0.25, 0.3) is 0 Å². The predicted octanol–water partition coefficient (Wildman–Crippen LogP) is 5.28. The van der Waals surface area contributed by atoms with Crippen molar-refractivity contribution in [1.29, 1.82) is 0 Å². The summed E-state index contributed by atoms with van der Waals surface area (Å²) in [6.07, 6.45) is 3.84. The molecule has 1 heterocycles. The molecule has 0 spiro atoms. The molecule has 1 aromatic heterocycles. The third-order valence-electron chi connectivity index (χ3n) is 6.23. The monoisotopic (exact) mass is 496 g/mol. The highest BCUT2D eigenvalue weighted by atomic mass is 32.1. The minimum Gasteiger partial charge on any atom is -0.497 e. The van der Waals surface area contributed by atoms with Gasteiger partial charge in [-0.15, -0.1) is 11.3 Å². The van der Waals surface area contributed by atoms with E-state index in [0.717, 1.165) is 30.6 Å². The van der Waals surface area contributed by atoms with Crippen molar-refractivity contribution in [2.24, 2.45) is 0 Å². The summed E-state index contributed by atoms with van der Waals surface area (Å²) in [7, 11) is 3.01. The summed E-state index contributed by atoms with van der Waals surface area (Å²) < 4.78 is 26.2. The summed E-state index contributed by atoms with van der Waals surface area (Å²) in [5.74, 6) is -0.478. The van der Waals surface area contributed by atoms with E-state index < -0.39 is 17.8 Å². The number of methoxy groups -OCH3 is 2. The molecule has 0 bridgehead atoms. The molecule has 6 nitrogen and oxygen atoms in total. The van der Waals surface area contributed by atoms with E-state index in [1.165, 1.54) is 36.5 Å². The number of amides is 2. The lowest BCUT2D eigenvalue weighted by molar-refractivity contribution is -0.127. The molecular weight excluding hydrogens is 467 g/mol. The van der Waals surface area contributed by atoms with Crippen LogP contribution in [0.3, 0.4) is 0 Å². The fourth-order valence-corrected chi connectivity index (χ4v) is 5.19. The van der Waals surface area contributed by atoms with Crippen molar-refractivity contribution >= 4 is 28.8 Å². The van der Waals surface area contributed by atoms with Crippen LogP contribution in [-0.4, -0.2) is 32.1 Å². The van der Waals surface area contributed by atoms with Crippen LogP contribution in [0.15, 0.2) is 60.0 Å². The topological polar surface area (TPSA) is 67.9 Å². The van der Waals surface area contributed by atoms with Crippen molar-refractivity contribution in [3.63, 3.8) is 0 Å². The number of anilines is 1. The van der Waals surface area contributed by atoms with Crippen LogP contribution in [0.1, 0.15) is 42.2 Å². The average Bonchev–Trinajstić information content (AvgIpc) is 3.57. The molecule has 0 radical (unpaired) electrons. The number of nitrogens with one attached hydrogen (secondary N) is 1. The van der Waals surface area contributed by atoms with Crippen molar-refractivity contribution in [3.05, 3.63) is 76.2 Å². The van der Waals surface area contributed by atoms with Gasteiger partial charge in [-0.05, 0) is 42.5 Å². The minimum absolute atomic E-state index is 0.00164. The Labute approximate surface area is 208 Å². The summed E-state index contributed by atoms with van der Waals surface area (Å²) in [6, 6.07) is 13.6. The molecule has 1 fully saturated rings. The number of carbonyl (C=O) groups excluding carboxylic acids is 2. The van der Waals surface area contributed by atoms with Crippen molar-refractivity contribution in [3.8, 4) is 11.5 Å². The number of hydrogen-bond donors (Lipinski definition) is 1. The number of thiophene rings is 1. The Morgan fingerprint density at radius 2 is 1.86 bits per heavy atom. The van der Waals surface area contributed by atoms with E-state index in [1.54, 1.807) is 36.4 Å². The smallest absolute Gasteiger partial charge is 0.248 e. The van der Waals surface area contributed by atoms with Crippen LogP contribution >= 0.6 is 11.3 Å². The fraction of sp³-hybridized carbons (Fsp3) is 0.333. The second-order valence-corrected chi connectivity index (χ2v) is 9.50. The summed E-state index contributed by atoms with van der Waals surface area (Å²) in [5, 5.41) is 4.95. The SMILES string of the molecule is COc1ccc(OC)c(N(C(=O)Cc2cccs2)C(C(=O)NC2CCCC2)c2ccccc2F)c1. The van der Waals surface area contributed by atoms with Crippen LogP contribution in [-0.2, 0) is 16.0 Å². The van der Waals surface area contributed by atoms with Crippen molar-refractivity contribution in [2.45, 2.75) is 44.2 Å². The number of rotatable bonds is 9. The van der Waals surface area contributed by atoms with Gasteiger partial charge in [-0.3, -0.25) is 14.5 Å². The molecule has 1 aliphatic carbocycles. The molecule has 2 amide bonds. The number of benzene rings is 2. The zero-order valence-electron chi connectivity index (χ0n) is 19.8. The Hall–Kier alpha value is -3.39. The summed E-state index contributed by atoms with van der Waals surface area (Å²) in [6.45, 7) is 0.